The van der Waals surface area contributed by atoms with E-state index in [1.807, 2.05) is 0 Å². The number of aromatic hydroxyl groups is 2. The fraction of sp³-hybridized carbons (Fsp3) is 0.158. The smallest absolute Gasteiger partial charge is 0.273 e. The SMILES string of the molecule is CNC(=O)c1noc(-c2cc(Cl)c(O)cc2O)c1-c1ccc(OC(C)F)cc1. The number of amides is 1. The monoisotopic (exact) mass is 406 g/mol. The van der Waals surface area contributed by atoms with Crippen molar-refractivity contribution < 1.29 is 28.7 Å². The second-order valence-corrected chi connectivity index (χ2v) is 6.23. The van der Waals surface area contributed by atoms with Crippen LogP contribution in [0.15, 0.2) is 40.9 Å². The van der Waals surface area contributed by atoms with E-state index in [1.165, 1.54) is 32.2 Å². The predicted molar refractivity (Wildman–Crippen MR) is 100 cm³/mol. The van der Waals surface area contributed by atoms with Crippen LogP contribution in [-0.4, -0.2) is 34.7 Å². The Bertz CT molecular complexity index is 1020. The van der Waals surface area contributed by atoms with Gasteiger partial charge in [-0.2, -0.15) is 0 Å². The highest BCUT2D eigenvalue weighted by Crippen LogP contribution is 2.43. The van der Waals surface area contributed by atoms with Gasteiger partial charge in [-0.3, -0.25) is 4.79 Å². The van der Waals surface area contributed by atoms with E-state index in [2.05, 4.69) is 10.5 Å². The number of hydrogen-bond donors (Lipinski definition) is 3. The normalized spacial score (nSPS) is 11.9. The van der Waals surface area contributed by atoms with Gasteiger partial charge in [0, 0.05) is 20.0 Å². The van der Waals surface area contributed by atoms with Gasteiger partial charge in [0.25, 0.3) is 5.91 Å². The number of phenols is 2. The third kappa shape index (κ3) is 3.72. The average molecular weight is 407 g/mol. The van der Waals surface area contributed by atoms with Gasteiger partial charge in [0.2, 0.25) is 6.36 Å². The van der Waals surface area contributed by atoms with Gasteiger partial charge >= 0.3 is 0 Å². The third-order valence-corrected chi connectivity index (χ3v) is 4.19. The first kappa shape index (κ1) is 19.5. The van der Waals surface area contributed by atoms with Crippen molar-refractivity contribution in [2.75, 3.05) is 7.05 Å². The van der Waals surface area contributed by atoms with Crippen LogP contribution in [0.1, 0.15) is 17.4 Å². The summed E-state index contributed by atoms with van der Waals surface area (Å²) in [7, 11) is 1.44. The van der Waals surface area contributed by atoms with E-state index in [4.69, 9.17) is 20.9 Å². The highest BCUT2D eigenvalue weighted by molar-refractivity contribution is 6.32. The van der Waals surface area contributed by atoms with Crippen molar-refractivity contribution >= 4 is 17.5 Å². The van der Waals surface area contributed by atoms with Crippen LogP contribution in [0.25, 0.3) is 22.5 Å². The summed E-state index contributed by atoms with van der Waals surface area (Å²) in [6.07, 6.45) is -1.48. The van der Waals surface area contributed by atoms with Crippen molar-refractivity contribution in [3.05, 3.63) is 47.1 Å². The molecule has 0 aliphatic heterocycles. The first-order valence-electron chi connectivity index (χ1n) is 8.16. The summed E-state index contributed by atoms with van der Waals surface area (Å²) in [5.41, 5.74) is 0.917. The molecule has 0 saturated heterocycles. The fourth-order valence-corrected chi connectivity index (χ4v) is 2.80. The number of aromatic nitrogens is 1. The number of benzene rings is 2. The van der Waals surface area contributed by atoms with Crippen LogP contribution >= 0.6 is 11.6 Å². The molecule has 146 valence electrons. The molecule has 1 unspecified atom stereocenters. The molecule has 28 heavy (non-hydrogen) atoms. The molecule has 0 aliphatic carbocycles. The first-order valence-corrected chi connectivity index (χ1v) is 8.54. The number of nitrogens with zero attached hydrogens (tertiary/aromatic N) is 1. The molecular weight excluding hydrogens is 391 g/mol. The van der Waals surface area contributed by atoms with Crippen LogP contribution in [0.2, 0.25) is 5.02 Å². The van der Waals surface area contributed by atoms with E-state index in [-0.39, 0.29) is 39.1 Å². The van der Waals surface area contributed by atoms with E-state index >= 15 is 0 Å². The maximum atomic E-state index is 13.0. The molecule has 0 radical (unpaired) electrons. The lowest BCUT2D eigenvalue weighted by Gasteiger charge is -2.09. The minimum atomic E-state index is -1.48. The van der Waals surface area contributed by atoms with Crippen molar-refractivity contribution in [3.8, 4) is 39.7 Å². The Morgan fingerprint density at radius 1 is 1.25 bits per heavy atom. The summed E-state index contributed by atoms with van der Waals surface area (Å²) >= 11 is 5.95. The molecule has 0 spiro atoms. The molecule has 0 saturated carbocycles. The van der Waals surface area contributed by atoms with Gasteiger partial charge in [0.15, 0.2) is 11.5 Å². The highest BCUT2D eigenvalue weighted by Gasteiger charge is 2.26. The largest absolute Gasteiger partial charge is 0.507 e. The molecule has 7 nitrogen and oxygen atoms in total. The lowest BCUT2D eigenvalue weighted by molar-refractivity contribution is 0.0860. The summed E-state index contributed by atoms with van der Waals surface area (Å²) in [6.45, 7) is 1.26. The molecular formula is C19H16ClFN2O5. The second kappa shape index (κ2) is 7.77. The minimum Gasteiger partial charge on any atom is -0.507 e. The van der Waals surface area contributed by atoms with Gasteiger partial charge in [-0.15, -0.1) is 0 Å². The van der Waals surface area contributed by atoms with Gasteiger partial charge < -0.3 is 24.8 Å². The molecule has 3 N–H and O–H groups in total. The van der Waals surface area contributed by atoms with Gasteiger partial charge in [0.1, 0.15) is 17.2 Å². The lowest BCUT2D eigenvalue weighted by Crippen LogP contribution is -2.19. The molecule has 0 fully saturated rings. The molecule has 3 aromatic rings. The maximum absolute atomic E-state index is 13.0. The summed E-state index contributed by atoms with van der Waals surface area (Å²) in [6, 6.07) is 8.60. The number of carbonyl (C=O) groups is 1. The highest BCUT2D eigenvalue weighted by atomic mass is 35.5. The average Bonchev–Trinajstić information content (AvgIpc) is 3.09. The molecule has 1 amide bonds. The lowest BCUT2D eigenvalue weighted by atomic mass is 9.98. The Morgan fingerprint density at radius 3 is 2.54 bits per heavy atom. The Morgan fingerprint density at radius 2 is 1.93 bits per heavy atom. The van der Waals surface area contributed by atoms with E-state index < -0.39 is 12.3 Å². The van der Waals surface area contributed by atoms with Crippen molar-refractivity contribution in [1.82, 2.24) is 10.5 Å². The van der Waals surface area contributed by atoms with Gasteiger partial charge in [-0.05, 0) is 23.8 Å². The number of halogens is 2. The number of ether oxygens (including phenoxy) is 1. The zero-order chi connectivity index (χ0) is 20.4. The van der Waals surface area contributed by atoms with Crippen molar-refractivity contribution in [2.45, 2.75) is 13.3 Å². The molecule has 0 bridgehead atoms. The van der Waals surface area contributed by atoms with Crippen LogP contribution in [0.5, 0.6) is 17.2 Å². The molecule has 1 atom stereocenters. The number of rotatable bonds is 5. The number of carbonyl (C=O) groups excluding carboxylic acids is 1. The van der Waals surface area contributed by atoms with Crippen molar-refractivity contribution in [3.63, 3.8) is 0 Å². The maximum Gasteiger partial charge on any atom is 0.273 e. The Balaban J connectivity index is 2.17. The van der Waals surface area contributed by atoms with E-state index in [0.29, 0.717) is 11.3 Å². The van der Waals surface area contributed by atoms with Crippen LogP contribution in [0.4, 0.5) is 4.39 Å². The Labute approximate surface area is 164 Å². The zero-order valence-corrected chi connectivity index (χ0v) is 15.6. The molecule has 0 aliphatic rings. The van der Waals surface area contributed by atoms with Gasteiger partial charge in [-0.25, -0.2) is 4.39 Å². The quantitative estimate of drug-likeness (QED) is 0.588. The van der Waals surface area contributed by atoms with E-state index in [9.17, 15) is 19.4 Å². The van der Waals surface area contributed by atoms with Crippen molar-refractivity contribution in [1.29, 1.82) is 0 Å². The summed E-state index contributed by atoms with van der Waals surface area (Å²) in [4.78, 5) is 12.2. The molecule has 1 heterocycles. The standard InChI is InChI=1S/C19H16ClFN2O5/c1-9(21)27-11-5-3-10(4-6-11)16-17(19(26)22-2)23-28-18(16)12-7-13(20)15(25)8-14(12)24/h3-9,24-25H,1-2H3,(H,22,26). The van der Waals surface area contributed by atoms with Crippen molar-refractivity contribution in [2.24, 2.45) is 0 Å². The van der Waals surface area contributed by atoms with E-state index in [1.54, 1.807) is 12.1 Å². The summed E-state index contributed by atoms with van der Waals surface area (Å²) in [5.74, 6) is -0.752. The number of alkyl halides is 1. The Hall–Kier alpha value is -3.26. The number of nitrogens with one attached hydrogen (secondary N) is 1. The zero-order valence-electron chi connectivity index (χ0n) is 14.9. The van der Waals surface area contributed by atoms with E-state index in [0.717, 1.165) is 6.07 Å². The second-order valence-electron chi connectivity index (χ2n) is 5.82. The van der Waals surface area contributed by atoms with Crippen LogP contribution in [-0.2, 0) is 0 Å². The van der Waals surface area contributed by atoms with Gasteiger partial charge in [0.05, 0.1) is 16.1 Å². The topological polar surface area (TPSA) is 105 Å². The third-order valence-electron chi connectivity index (χ3n) is 3.89. The fourth-order valence-electron chi connectivity index (χ4n) is 2.64. The molecule has 2 aromatic carbocycles. The van der Waals surface area contributed by atoms with Gasteiger partial charge in [-0.1, -0.05) is 28.9 Å². The molecule has 3 rings (SSSR count). The minimum absolute atomic E-state index is 0.0164. The van der Waals surface area contributed by atoms with Crippen LogP contribution < -0.4 is 10.1 Å². The number of phenolic OH excluding ortho intramolecular Hbond substituents is 2. The summed E-state index contributed by atoms with van der Waals surface area (Å²) < 4.78 is 23.3. The Kier molecular flexibility index (Phi) is 5.41. The predicted octanol–water partition coefficient (Wildman–Crippen LogP) is 4.13. The van der Waals surface area contributed by atoms with Crippen LogP contribution in [0.3, 0.4) is 0 Å². The van der Waals surface area contributed by atoms with Crippen LogP contribution in [0, 0.1) is 0 Å². The molecule has 1 aromatic heterocycles. The molecule has 9 heteroatoms. The first-order chi connectivity index (χ1) is 13.3. The summed E-state index contributed by atoms with van der Waals surface area (Å²) in [5, 5.41) is 26.1. The number of hydrogen-bond acceptors (Lipinski definition) is 6.